The summed E-state index contributed by atoms with van der Waals surface area (Å²) in [7, 11) is 0. The second-order valence-electron chi connectivity index (χ2n) is 2.53. The summed E-state index contributed by atoms with van der Waals surface area (Å²) < 4.78 is 4.11. The van der Waals surface area contributed by atoms with E-state index in [1.54, 1.807) is 0 Å². The summed E-state index contributed by atoms with van der Waals surface area (Å²) in [6, 6.07) is 4.01. The molecular formula is C8H3Br4N. The first-order valence-electron chi connectivity index (χ1n) is 3.42. The molecule has 0 spiro atoms. The molecule has 2 rings (SSSR count). The molecule has 68 valence electrons. The van der Waals surface area contributed by atoms with E-state index in [-0.39, 0.29) is 0 Å². The number of H-pyrrole nitrogens is 1. The maximum absolute atomic E-state index is 3.51. The number of hydrogen-bond donors (Lipinski definition) is 1. The average Bonchev–Trinajstić information content (AvgIpc) is 2.38. The van der Waals surface area contributed by atoms with Crippen molar-refractivity contribution in [1.29, 1.82) is 0 Å². The number of halogens is 4. The Morgan fingerprint density at radius 2 is 1.54 bits per heavy atom. The monoisotopic (exact) mass is 429 g/mol. The van der Waals surface area contributed by atoms with E-state index in [0.29, 0.717) is 0 Å². The molecule has 0 atom stereocenters. The lowest BCUT2D eigenvalue weighted by molar-refractivity contribution is 1.39. The van der Waals surface area contributed by atoms with Gasteiger partial charge in [-0.1, -0.05) is 15.9 Å². The number of nitrogens with one attached hydrogen (secondary N) is 1. The van der Waals surface area contributed by atoms with E-state index in [4.69, 9.17) is 0 Å². The van der Waals surface area contributed by atoms with Crippen LogP contribution in [0.1, 0.15) is 0 Å². The third-order valence-corrected chi connectivity index (χ3v) is 4.99. The summed E-state index contributed by atoms with van der Waals surface area (Å²) in [6.45, 7) is 0. The van der Waals surface area contributed by atoms with Crippen molar-refractivity contribution in [2.45, 2.75) is 0 Å². The molecule has 0 saturated heterocycles. The van der Waals surface area contributed by atoms with Crippen molar-refractivity contribution in [1.82, 2.24) is 4.98 Å². The zero-order valence-corrected chi connectivity index (χ0v) is 12.5. The van der Waals surface area contributed by atoms with Gasteiger partial charge in [-0.2, -0.15) is 0 Å². The van der Waals surface area contributed by atoms with Gasteiger partial charge >= 0.3 is 0 Å². The largest absolute Gasteiger partial charge is 0.347 e. The van der Waals surface area contributed by atoms with Crippen LogP contribution in [0.3, 0.4) is 0 Å². The SMILES string of the molecule is Brc1[nH]c2c(Br)ccc(Br)c2c1Br. The summed E-state index contributed by atoms with van der Waals surface area (Å²) in [5.74, 6) is 0. The first-order valence-corrected chi connectivity index (χ1v) is 6.59. The number of aromatic nitrogens is 1. The topological polar surface area (TPSA) is 15.8 Å². The summed E-state index contributed by atoms with van der Waals surface area (Å²) in [6.07, 6.45) is 0. The molecule has 13 heavy (non-hydrogen) atoms. The van der Waals surface area contributed by atoms with Gasteiger partial charge in [0.05, 0.1) is 14.6 Å². The zero-order chi connectivity index (χ0) is 9.59. The second kappa shape index (κ2) is 3.68. The molecule has 0 amide bonds. The lowest BCUT2D eigenvalue weighted by Crippen LogP contribution is -1.72. The molecule has 2 aromatic rings. The molecule has 0 bridgehead atoms. The van der Waals surface area contributed by atoms with Gasteiger partial charge in [0, 0.05) is 14.3 Å². The predicted molar refractivity (Wildman–Crippen MR) is 69.1 cm³/mol. The van der Waals surface area contributed by atoms with E-state index >= 15 is 0 Å². The van der Waals surface area contributed by atoms with E-state index in [2.05, 4.69) is 68.7 Å². The molecule has 1 heterocycles. The molecule has 5 heteroatoms. The normalized spacial score (nSPS) is 11.1. The van der Waals surface area contributed by atoms with Crippen LogP contribution in [0.5, 0.6) is 0 Å². The summed E-state index contributed by atoms with van der Waals surface area (Å²) in [5, 5.41) is 1.14. The number of benzene rings is 1. The minimum absolute atomic E-state index is 0.954. The maximum atomic E-state index is 3.51. The fraction of sp³-hybridized carbons (Fsp3) is 0. The molecule has 0 aliphatic carbocycles. The third kappa shape index (κ3) is 1.64. The van der Waals surface area contributed by atoms with Crippen LogP contribution in [0.4, 0.5) is 0 Å². The molecule has 0 aliphatic heterocycles. The van der Waals surface area contributed by atoms with Crippen LogP contribution in [0.25, 0.3) is 10.9 Å². The van der Waals surface area contributed by atoms with Crippen molar-refractivity contribution in [3.05, 3.63) is 30.2 Å². The van der Waals surface area contributed by atoms with Gasteiger partial charge in [0.2, 0.25) is 0 Å². The van der Waals surface area contributed by atoms with Crippen LogP contribution >= 0.6 is 63.7 Å². The molecule has 1 aromatic heterocycles. The van der Waals surface area contributed by atoms with Crippen LogP contribution in [-0.2, 0) is 0 Å². The van der Waals surface area contributed by atoms with Crippen LogP contribution in [0.2, 0.25) is 0 Å². The molecular weight excluding hydrogens is 430 g/mol. The zero-order valence-electron chi connectivity index (χ0n) is 6.17. The maximum Gasteiger partial charge on any atom is 0.0975 e. The molecule has 1 aromatic carbocycles. The van der Waals surface area contributed by atoms with Crippen LogP contribution in [-0.4, -0.2) is 4.98 Å². The Balaban J connectivity index is 3.00. The van der Waals surface area contributed by atoms with Gasteiger partial charge in [-0.25, -0.2) is 0 Å². The standard InChI is InChI=1S/C8H3Br4N/c9-3-1-2-4(10)7-5(3)6(11)8(12)13-7/h1-2,13H. The molecule has 0 saturated carbocycles. The summed E-state index contributed by atoms with van der Waals surface area (Å²) in [5.41, 5.74) is 1.08. The van der Waals surface area contributed by atoms with Gasteiger partial charge in [-0.3, -0.25) is 0 Å². The Morgan fingerprint density at radius 1 is 0.923 bits per heavy atom. The van der Waals surface area contributed by atoms with E-state index < -0.39 is 0 Å². The fourth-order valence-electron chi connectivity index (χ4n) is 1.16. The lowest BCUT2D eigenvalue weighted by atomic mass is 10.2. The van der Waals surface area contributed by atoms with Crippen molar-refractivity contribution in [3.63, 3.8) is 0 Å². The molecule has 0 unspecified atom stereocenters. The van der Waals surface area contributed by atoms with Gasteiger partial charge in [0.15, 0.2) is 0 Å². The minimum Gasteiger partial charge on any atom is -0.347 e. The molecule has 0 radical (unpaired) electrons. The van der Waals surface area contributed by atoms with E-state index in [1.807, 2.05) is 12.1 Å². The first kappa shape index (κ1) is 10.2. The second-order valence-corrected chi connectivity index (χ2v) is 5.83. The van der Waals surface area contributed by atoms with E-state index in [1.165, 1.54) is 0 Å². The van der Waals surface area contributed by atoms with Gasteiger partial charge in [-0.15, -0.1) is 0 Å². The first-order chi connectivity index (χ1) is 6.11. The predicted octanol–water partition coefficient (Wildman–Crippen LogP) is 5.22. The summed E-state index contributed by atoms with van der Waals surface area (Å²) >= 11 is 13.9. The van der Waals surface area contributed by atoms with Crippen molar-refractivity contribution in [3.8, 4) is 0 Å². The molecule has 1 nitrogen and oxygen atoms in total. The number of rotatable bonds is 0. The lowest BCUT2D eigenvalue weighted by Gasteiger charge is -1.96. The number of fused-ring (bicyclic) bond motifs is 1. The average molecular weight is 433 g/mol. The quantitative estimate of drug-likeness (QED) is 0.587. The Kier molecular flexibility index (Phi) is 2.89. The van der Waals surface area contributed by atoms with Crippen molar-refractivity contribution < 1.29 is 0 Å². The van der Waals surface area contributed by atoms with Crippen LogP contribution in [0.15, 0.2) is 30.2 Å². The van der Waals surface area contributed by atoms with Crippen molar-refractivity contribution in [2.75, 3.05) is 0 Å². The summed E-state index contributed by atoms with van der Waals surface area (Å²) in [4.78, 5) is 3.23. The highest BCUT2D eigenvalue weighted by atomic mass is 79.9. The number of hydrogen-bond acceptors (Lipinski definition) is 0. The highest BCUT2D eigenvalue weighted by Crippen LogP contribution is 2.39. The Hall–Kier alpha value is 0.680. The molecule has 1 N–H and O–H groups in total. The Morgan fingerprint density at radius 3 is 2.15 bits per heavy atom. The number of aromatic amines is 1. The van der Waals surface area contributed by atoms with Gasteiger partial charge < -0.3 is 4.98 Å². The smallest absolute Gasteiger partial charge is 0.0975 e. The van der Waals surface area contributed by atoms with Crippen molar-refractivity contribution in [2.24, 2.45) is 0 Å². The highest BCUT2D eigenvalue weighted by molar-refractivity contribution is 9.13. The fourth-order valence-corrected chi connectivity index (χ4v) is 3.29. The van der Waals surface area contributed by atoms with E-state index in [0.717, 1.165) is 28.9 Å². The Labute approximate surface area is 109 Å². The van der Waals surface area contributed by atoms with Crippen LogP contribution in [0, 0.1) is 0 Å². The highest BCUT2D eigenvalue weighted by Gasteiger charge is 2.11. The van der Waals surface area contributed by atoms with Gasteiger partial charge in [0.25, 0.3) is 0 Å². The van der Waals surface area contributed by atoms with Crippen molar-refractivity contribution >= 4 is 74.6 Å². The van der Waals surface area contributed by atoms with E-state index in [9.17, 15) is 0 Å². The minimum atomic E-state index is 0.954. The molecule has 0 fully saturated rings. The van der Waals surface area contributed by atoms with Crippen LogP contribution < -0.4 is 0 Å². The third-order valence-electron chi connectivity index (χ3n) is 1.75. The Bertz CT molecular complexity index is 474. The van der Waals surface area contributed by atoms with Gasteiger partial charge in [-0.05, 0) is 59.9 Å². The molecule has 0 aliphatic rings. The van der Waals surface area contributed by atoms with Gasteiger partial charge in [0.1, 0.15) is 0 Å².